The van der Waals surface area contributed by atoms with E-state index in [0.29, 0.717) is 18.8 Å². The number of carbonyl (C=O) groups is 2. The van der Waals surface area contributed by atoms with Crippen molar-refractivity contribution >= 4 is 17.5 Å². The highest BCUT2D eigenvalue weighted by Crippen LogP contribution is 2.21. The molecule has 0 atom stereocenters. The van der Waals surface area contributed by atoms with Crippen LogP contribution in [0.4, 0.5) is 5.69 Å². The first-order valence-corrected chi connectivity index (χ1v) is 7.49. The van der Waals surface area contributed by atoms with E-state index in [1.54, 1.807) is 24.1 Å². The van der Waals surface area contributed by atoms with E-state index in [9.17, 15) is 14.7 Å². The van der Waals surface area contributed by atoms with Crippen LogP contribution >= 0.6 is 0 Å². The summed E-state index contributed by atoms with van der Waals surface area (Å²) in [7, 11) is 1.56. The summed E-state index contributed by atoms with van der Waals surface area (Å²) in [5.41, 5.74) is 2.89. The molecule has 0 spiro atoms. The van der Waals surface area contributed by atoms with E-state index in [2.05, 4.69) is 6.07 Å². The highest BCUT2D eigenvalue weighted by atomic mass is 16.3. The number of likely N-dealkylation sites (N-methyl/N-ethyl adjacent to an activating group) is 1. The minimum atomic E-state index is -0.574. The Labute approximate surface area is 134 Å². The van der Waals surface area contributed by atoms with Gasteiger partial charge in [0.05, 0.1) is 0 Å². The third-order valence-electron chi connectivity index (χ3n) is 4.14. The number of aromatic hydroxyl groups is 1. The quantitative estimate of drug-likeness (QED) is 0.819. The first kappa shape index (κ1) is 15.1. The van der Waals surface area contributed by atoms with Crippen molar-refractivity contribution in [2.24, 2.45) is 0 Å². The van der Waals surface area contributed by atoms with Crippen molar-refractivity contribution in [2.45, 2.75) is 13.0 Å². The van der Waals surface area contributed by atoms with Crippen LogP contribution in [-0.2, 0) is 22.6 Å². The number of fused-ring (bicyclic) bond motifs is 1. The predicted octanol–water partition coefficient (Wildman–Crippen LogP) is 1.94. The molecule has 0 bridgehead atoms. The van der Waals surface area contributed by atoms with Crippen LogP contribution in [0.5, 0.6) is 5.75 Å². The van der Waals surface area contributed by atoms with Gasteiger partial charge in [-0.15, -0.1) is 0 Å². The van der Waals surface area contributed by atoms with Gasteiger partial charge in [-0.25, -0.2) is 0 Å². The number of benzene rings is 2. The molecule has 3 rings (SSSR count). The van der Waals surface area contributed by atoms with E-state index < -0.39 is 11.8 Å². The number of nitrogens with zero attached hydrogens (tertiary/aromatic N) is 2. The molecule has 1 aliphatic rings. The number of amides is 2. The summed E-state index contributed by atoms with van der Waals surface area (Å²) >= 11 is 0. The molecule has 23 heavy (non-hydrogen) atoms. The first-order valence-electron chi connectivity index (χ1n) is 7.49. The molecule has 1 aliphatic heterocycles. The van der Waals surface area contributed by atoms with Crippen molar-refractivity contribution in [2.75, 3.05) is 18.5 Å². The number of hydrogen-bond donors (Lipinski definition) is 1. The second-order valence-corrected chi connectivity index (χ2v) is 5.63. The van der Waals surface area contributed by atoms with E-state index in [0.717, 1.165) is 12.0 Å². The van der Waals surface area contributed by atoms with Crippen molar-refractivity contribution < 1.29 is 14.7 Å². The summed E-state index contributed by atoms with van der Waals surface area (Å²) in [4.78, 5) is 27.8. The van der Waals surface area contributed by atoms with Gasteiger partial charge < -0.3 is 14.9 Å². The molecule has 0 saturated carbocycles. The number of anilines is 1. The lowest BCUT2D eigenvalue weighted by Gasteiger charge is -2.29. The molecule has 5 heteroatoms. The summed E-state index contributed by atoms with van der Waals surface area (Å²) in [6.45, 7) is 1.01. The van der Waals surface area contributed by atoms with Gasteiger partial charge in [-0.05, 0) is 41.8 Å². The third-order valence-corrected chi connectivity index (χ3v) is 4.14. The summed E-state index contributed by atoms with van der Waals surface area (Å²) in [5, 5.41) is 9.30. The van der Waals surface area contributed by atoms with Crippen LogP contribution in [0.1, 0.15) is 11.1 Å². The summed E-state index contributed by atoms with van der Waals surface area (Å²) < 4.78 is 0. The Kier molecular flexibility index (Phi) is 4.02. The monoisotopic (exact) mass is 310 g/mol. The zero-order chi connectivity index (χ0) is 16.4. The number of phenols is 1. The van der Waals surface area contributed by atoms with Crippen molar-refractivity contribution in [3.05, 3.63) is 59.7 Å². The summed E-state index contributed by atoms with van der Waals surface area (Å²) in [6.07, 6.45) is 0.762. The van der Waals surface area contributed by atoms with Gasteiger partial charge in [0.2, 0.25) is 0 Å². The van der Waals surface area contributed by atoms with Gasteiger partial charge in [0.15, 0.2) is 0 Å². The molecular formula is C18H18N2O3. The molecule has 5 nitrogen and oxygen atoms in total. The molecule has 2 amide bonds. The molecule has 0 aromatic heterocycles. The Morgan fingerprint density at radius 2 is 1.70 bits per heavy atom. The Morgan fingerprint density at radius 3 is 2.39 bits per heavy atom. The van der Waals surface area contributed by atoms with Crippen LogP contribution in [-0.4, -0.2) is 35.4 Å². The van der Waals surface area contributed by atoms with Crippen molar-refractivity contribution in [1.82, 2.24) is 4.90 Å². The fraction of sp³-hybridized carbons (Fsp3) is 0.222. The average molecular weight is 310 g/mol. The number of rotatable bonds is 1. The smallest absolute Gasteiger partial charge is 0.316 e. The second kappa shape index (κ2) is 6.12. The minimum Gasteiger partial charge on any atom is -0.508 e. The summed E-state index contributed by atoms with van der Waals surface area (Å²) in [6, 6.07) is 14.2. The van der Waals surface area contributed by atoms with Crippen LogP contribution in [0.15, 0.2) is 48.5 Å². The molecule has 0 fully saturated rings. The third kappa shape index (κ3) is 3.04. The van der Waals surface area contributed by atoms with Gasteiger partial charge in [-0.2, -0.15) is 0 Å². The van der Waals surface area contributed by atoms with Crippen LogP contribution in [0.3, 0.4) is 0 Å². The average Bonchev–Trinajstić information content (AvgIpc) is 2.60. The lowest BCUT2D eigenvalue weighted by atomic mass is 10.00. The molecule has 1 heterocycles. The van der Waals surface area contributed by atoms with E-state index in [4.69, 9.17) is 0 Å². The van der Waals surface area contributed by atoms with Crippen LogP contribution in [0, 0.1) is 0 Å². The zero-order valence-electron chi connectivity index (χ0n) is 12.9. The van der Waals surface area contributed by atoms with Gasteiger partial charge in [0, 0.05) is 25.8 Å². The van der Waals surface area contributed by atoms with Gasteiger partial charge in [-0.1, -0.05) is 24.3 Å². The minimum absolute atomic E-state index is 0.119. The van der Waals surface area contributed by atoms with Gasteiger partial charge in [0.1, 0.15) is 5.75 Å². The van der Waals surface area contributed by atoms with E-state index in [1.807, 2.05) is 18.2 Å². The molecule has 2 aromatic carbocycles. The molecule has 0 radical (unpaired) electrons. The van der Waals surface area contributed by atoms with Gasteiger partial charge >= 0.3 is 11.8 Å². The standard InChI is InChI=1S/C18H18N2O3/c1-19(15-6-8-16(21)9-7-15)17(22)18(23)20-11-10-13-4-2-3-5-14(13)12-20/h2-9,21H,10-12H2,1H3. The number of phenolic OH excluding ortho intramolecular Hbond substituents is 1. The molecular weight excluding hydrogens is 292 g/mol. The molecule has 118 valence electrons. The molecule has 1 N–H and O–H groups in total. The van der Waals surface area contributed by atoms with Crippen molar-refractivity contribution in [3.63, 3.8) is 0 Å². The maximum absolute atomic E-state index is 12.5. The number of hydrogen-bond acceptors (Lipinski definition) is 3. The normalized spacial score (nSPS) is 13.3. The Bertz CT molecular complexity index is 740. The fourth-order valence-corrected chi connectivity index (χ4v) is 2.74. The zero-order valence-corrected chi connectivity index (χ0v) is 12.9. The first-order chi connectivity index (χ1) is 11.1. The van der Waals surface area contributed by atoms with Crippen LogP contribution in [0.25, 0.3) is 0 Å². The van der Waals surface area contributed by atoms with Crippen LogP contribution in [0.2, 0.25) is 0 Å². The van der Waals surface area contributed by atoms with E-state index in [-0.39, 0.29) is 5.75 Å². The Balaban J connectivity index is 1.73. The highest BCUT2D eigenvalue weighted by molar-refractivity contribution is 6.40. The molecule has 0 saturated heterocycles. The SMILES string of the molecule is CN(C(=O)C(=O)N1CCc2ccccc2C1)c1ccc(O)cc1. The van der Waals surface area contributed by atoms with Crippen molar-refractivity contribution in [3.8, 4) is 5.75 Å². The maximum atomic E-state index is 12.5. The van der Waals surface area contributed by atoms with Crippen LogP contribution < -0.4 is 4.90 Å². The van der Waals surface area contributed by atoms with Gasteiger partial charge in [0.25, 0.3) is 0 Å². The van der Waals surface area contributed by atoms with Crippen molar-refractivity contribution in [1.29, 1.82) is 0 Å². The Hall–Kier alpha value is -2.82. The molecule has 0 aliphatic carbocycles. The van der Waals surface area contributed by atoms with Gasteiger partial charge in [-0.3, -0.25) is 9.59 Å². The maximum Gasteiger partial charge on any atom is 0.316 e. The fourth-order valence-electron chi connectivity index (χ4n) is 2.74. The number of carbonyl (C=O) groups excluding carboxylic acids is 2. The summed E-state index contributed by atoms with van der Waals surface area (Å²) in [5.74, 6) is -0.960. The molecule has 2 aromatic rings. The van der Waals surface area contributed by atoms with E-state index >= 15 is 0 Å². The van der Waals surface area contributed by atoms with E-state index in [1.165, 1.54) is 22.6 Å². The lowest BCUT2D eigenvalue weighted by molar-refractivity contribution is -0.144. The topological polar surface area (TPSA) is 60.9 Å². The molecule has 0 unspecified atom stereocenters. The largest absolute Gasteiger partial charge is 0.508 e. The second-order valence-electron chi connectivity index (χ2n) is 5.63. The lowest BCUT2D eigenvalue weighted by Crippen LogP contribution is -2.45. The predicted molar refractivity (Wildman–Crippen MR) is 87.1 cm³/mol. The highest BCUT2D eigenvalue weighted by Gasteiger charge is 2.28. The Morgan fingerprint density at radius 1 is 1.04 bits per heavy atom.